The largest absolute Gasteiger partial charge is 0.329 e. The van der Waals surface area contributed by atoms with Crippen molar-refractivity contribution in [3.05, 3.63) is 72.1 Å². The number of aromatic nitrogens is 1. The normalized spacial score (nSPS) is 15.3. The molecule has 0 aliphatic carbocycles. The summed E-state index contributed by atoms with van der Waals surface area (Å²) in [6.07, 6.45) is 1.82. The molecule has 0 bridgehead atoms. The Labute approximate surface area is 168 Å². The first kappa shape index (κ1) is 20.1. The Morgan fingerprint density at radius 2 is 1.89 bits per heavy atom. The predicted molar refractivity (Wildman–Crippen MR) is 114 cm³/mol. The fourth-order valence-electron chi connectivity index (χ4n) is 3.42. The van der Waals surface area contributed by atoms with Gasteiger partial charge in [0.05, 0.1) is 11.2 Å². The van der Waals surface area contributed by atoms with Crippen LogP contribution in [-0.2, 0) is 12.1 Å². The Kier molecular flexibility index (Phi) is 6.15. The Morgan fingerprint density at radius 3 is 2.54 bits per heavy atom. The third-order valence-electron chi connectivity index (χ3n) is 5.27. The Hall–Kier alpha value is -2.66. The van der Waals surface area contributed by atoms with Gasteiger partial charge in [0.2, 0.25) is 0 Å². The lowest BCUT2D eigenvalue weighted by atomic mass is 9.92. The van der Waals surface area contributed by atoms with E-state index in [0.29, 0.717) is 0 Å². The molecule has 5 nitrogen and oxygen atoms in total. The molecule has 1 N–H and O–H groups in total. The summed E-state index contributed by atoms with van der Waals surface area (Å²) in [5.41, 5.74) is 3.82. The van der Waals surface area contributed by atoms with E-state index in [4.69, 9.17) is 0 Å². The first-order valence-corrected chi connectivity index (χ1v) is 9.81. The smallest absolute Gasteiger partial charge is 0.318 e. The van der Waals surface area contributed by atoms with E-state index < -0.39 is 5.54 Å². The molecule has 0 spiro atoms. The molecule has 1 aliphatic rings. The lowest BCUT2D eigenvalue weighted by Gasteiger charge is -2.37. The number of pyridine rings is 1. The minimum atomic E-state index is -0.451. The number of carbonyl (C=O) groups excluding carboxylic acids is 1. The summed E-state index contributed by atoms with van der Waals surface area (Å²) in [5.74, 6) is 0. The van der Waals surface area contributed by atoms with E-state index in [1.165, 1.54) is 0 Å². The quantitative estimate of drug-likeness (QED) is 0.859. The van der Waals surface area contributed by atoms with Crippen LogP contribution >= 0.6 is 0 Å². The SMILES string of the molecule is C=C(C)c1cccc(C(C)(C)NC(=O)N2CCN(Cc3ccccn3)CC2)c1. The van der Waals surface area contributed by atoms with Gasteiger partial charge in [-0.25, -0.2) is 4.79 Å². The number of carbonyl (C=O) groups is 1. The summed E-state index contributed by atoms with van der Waals surface area (Å²) < 4.78 is 0. The molecule has 1 aliphatic heterocycles. The molecule has 1 aromatic heterocycles. The molecule has 0 atom stereocenters. The highest BCUT2D eigenvalue weighted by atomic mass is 16.2. The highest BCUT2D eigenvalue weighted by Gasteiger charge is 2.28. The minimum Gasteiger partial charge on any atom is -0.329 e. The van der Waals surface area contributed by atoms with Crippen LogP contribution in [0, 0.1) is 0 Å². The van der Waals surface area contributed by atoms with E-state index in [-0.39, 0.29) is 6.03 Å². The van der Waals surface area contributed by atoms with Crippen molar-refractivity contribution in [3.8, 4) is 0 Å². The first-order valence-electron chi connectivity index (χ1n) is 9.81. The van der Waals surface area contributed by atoms with Crippen LogP contribution in [0.1, 0.15) is 37.6 Å². The number of hydrogen-bond donors (Lipinski definition) is 1. The van der Waals surface area contributed by atoms with Crippen molar-refractivity contribution in [2.24, 2.45) is 0 Å². The summed E-state index contributed by atoms with van der Waals surface area (Å²) in [5, 5.41) is 3.20. The van der Waals surface area contributed by atoms with Crippen LogP contribution in [0.2, 0.25) is 0 Å². The van der Waals surface area contributed by atoms with Crippen molar-refractivity contribution >= 4 is 11.6 Å². The topological polar surface area (TPSA) is 48.5 Å². The van der Waals surface area contributed by atoms with Gasteiger partial charge in [0.1, 0.15) is 0 Å². The Balaban J connectivity index is 1.56. The number of hydrogen-bond acceptors (Lipinski definition) is 3. The molecule has 28 heavy (non-hydrogen) atoms. The molecule has 1 fully saturated rings. The van der Waals surface area contributed by atoms with Gasteiger partial charge in [0, 0.05) is 38.9 Å². The molecule has 3 rings (SSSR count). The number of benzene rings is 1. The number of amides is 2. The number of rotatable bonds is 5. The van der Waals surface area contributed by atoms with Crippen molar-refractivity contribution in [1.29, 1.82) is 0 Å². The molecule has 0 radical (unpaired) electrons. The van der Waals surface area contributed by atoms with Gasteiger partial charge in [-0.3, -0.25) is 9.88 Å². The van der Waals surface area contributed by atoms with Crippen LogP contribution in [0.4, 0.5) is 4.79 Å². The second-order valence-corrected chi connectivity index (χ2v) is 8.00. The van der Waals surface area contributed by atoms with Crippen LogP contribution in [0.3, 0.4) is 0 Å². The zero-order valence-electron chi connectivity index (χ0n) is 17.1. The van der Waals surface area contributed by atoms with Gasteiger partial charge in [-0.15, -0.1) is 0 Å². The van der Waals surface area contributed by atoms with E-state index in [1.54, 1.807) is 0 Å². The molecule has 2 amide bonds. The lowest BCUT2D eigenvalue weighted by Crippen LogP contribution is -2.54. The second-order valence-electron chi connectivity index (χ2n) is 8.00. The maximum absolute atomic E-state index is 12.8. The molecule has 0 unspecified atom stereocenters. The van der Waals surface area contributed by atoms with E-state index in [0.717, 1.165) is 55.1 Å². The van der Waals surface area contributed by atoms with Crippen LogP contribution < -0.4 is 5.32 Å². The van der Waals surface area contributed by atoms with E-state index in [2.05, 4.69) is 33.9 Å². The van der Waals surface area contributed by atoms with Crippen LogP contribution in [0.5, 0.6) is 0 Å². The number of urea groups is 1. The van der Waals surface area contributed by atoms with Crippen molar-refractivity contribution in [3.63, 3.8) is 0 Å². The Morgan fingerprint density at radius 1 is 1.14 bits per heavy atom. The number of nitrogens with zero attached hydrogens (tertiary/aromatic N) is 3. The van der Waals surface area contributed by atoms with Crippen LogP contribution in [0.25, 0.3) is 5.57 Å². The molecule has 5 heteroatoms. The lowest BCUT2D eigenvalue weighted by molar-refractivity contribution is 0.129. The van der Waals surface area contributed by atoms with Crippen LogP contribution in [-0.4, -0.2) is 47.0 Å². The number of allylic oxidation sites excluding steroid dienone is 1. The van der Waals surface area contributed by atoms with E-state index in [1.807, 2.05) is 62.2 Å². The van der Waals surface area contributed by atoms with E-state index >= 15 is 0 Å². The highest BCUT2D eigenvalue weighted by Crippen LogP contribution is 2.24. The summed E-state index contributed by atoms with van der Waals surface area (Å²) in [6, 6.07) is 14.2. The molecule has 148 valence electrons. The van der Waals surface area contributed by atoms with Gasteiger partial charge >= 0.3 is 6.03 Å². The molecule has 1 aromatic carbocycles. The zero-order chi connectivity index (χ0) is 20.1. The van der Waals surface area contributed by atoms with Crippen molar-refractivity contribution in [1.82, 2.24) is 20.1 Å². The minimum absolute atomic E-state index is 0.0109. The average molecular weight is 379 g/mol. The van der Waals surface area contributed by atoms with Crippen molar-refractivity contribution < 1.29 is 4.79 Å². The molecule has 2 heterocycles. The second kappa shape index (κ2) is 8.57. The maximum Gasteiger partial charge on any atom is 0.318 e. The van der Waals surface area contributed by atoms with E-state index in [9.17, 15) is 4.79 Å². The molecular formula is C23H30N4O. The number of nitrogens with one attached hydrogen (secondary N) is 1. The Bertz CT molecular complexity index is 824. The monoisotopic (exact) mass is 378 g/mol. The third-order valence-corrected chi connectivity index (χ3v) is 5.27. The van der Waals surface area contributed by atoms with Gasteiger partial charge < -0.3 is 10.2 Å². The van der Waals surface area contributed by atoms with Gasteiger partial charge in [-0.2, -0.15) is 0 Å². The maximum atomic E-state index is 12.8. The summed E-state index contributed by atoms with van der Waals surface area (Å²) in [7, 11) is 0. The fourth-order valence-corrected chi connectivity index (χ4v) is 3.42. The molecular weight excluding hydrogens is 348 g/mol. The van der Waals surface area contributed by atoms with Crippen molar-refractivity contribution in [2.45, 2.75) is 32.9 Å². The summed E-state index contributed by atoms with van der Waals surface area (Å²) in [4.78, 5) is 21.5. The highest BCUT2D eigenvalue weighted by molar-refractivity contribution is 5.75. The van der Waals surface area contributed by atoms with Crippen LogP contribution in [0.15, 0.2) is 55.2 Å². The zero-order valence-corrected chi connectivity index (χ0v) is 17.1. The van der Waals surface area contributed by atoms with Gasteiger partial charge in [0.15, 0.2) is 0 Å². The predicted octanol–water partition coefficient (Wildman–Crippen LogP) is 3.88. The van der Waals surface area contributed by atoms with Gasteiger partial charge in [0.25, 0.3) is 0 Å². The fraction of sp³-hybridized carbons (Fsp3) is 0.391. The third kappa shape index (κ3) is 4.98. The average Bonchev–Trinajstić information content (AvgIpc) is 2.69. The summed E-state index contributed by atoms with van der Waals surface area (Å²) in [6.45, 7) is 14.1. The summed E-state index contributed by atoms with van der Waals surface area (Å²) >= 11 is 0. The standard InChI is InChI=1S/C23H30N4O/c1-18(2)19-8-7-9-20(16-19)23(3,4)25-22(28)27-14-12-26(13-15-27)17-21-10-5-6-11-24-21/h5-11,16H,1,12-15,17H2,2-4H3,(H,25,28). The van der Waals surface area contributed by atoms with Gasteiger partial charge in [-0.05, 0) is 50.1 Å². The first-order chi connectivity index (χ1) is 13.3. The number of piperazine rings is 1. The molecule has 1 saturated heterocycles. The van der Waals surface area contributed by atoms with Gasteiger partial charge in [-0.1, -0.05) is 36.4 Å². The molecule has 2 aromatic rings. The van der Waals surface area contributed by atoms with Crippen molar-refractivity contribution in [2.75, 3.05) is 26.2 Å². The molecule has 0 saturated carbocycles.